The molecule has 1 N–H and O–H groups in total. The van der Waals surface area contributed by atoms with Gasteiger partial charge in [0.05, 0.1) is 6.07 Å². The van der Waals surface area contributed by atoms with Gasteiger partial charge in [-0.25, -0.2) is 0 Å². The fraction of sp³-hybridized carbons (Fsp3) is 0.857. The number of carbonyl (C=O) groups is 1. The third-order valence-electron chi connectivity index (χ3n) is 4.48. The van der Waals surface area contributed by atoms with Gasteiger partial charge in [-0.15, -0.1) is 0 Å². The third kappa shape index (κ3) is 2.51. The summed E-state index contributed by atoms with van der Waals surface area (Å²) in [5, 5.41) is 12.3. The van der Waals surface area contributed by atoms with Crippen LogP contribution in [0.25, 0.3) is 0 Å². The Morgan fingerprint density at radius 2 is 2.22 bits per heavy atom. The summed E-state index contributed by atoms with van der Waals surface area (Å²) < 4.78 is 0. The standard InChI is InChI=1S/C14H23N3O/c1-14(2)6-4-3-5-12(14)13(18)17-8-7-16-10-11(17)9-15/h11-12,16H,3-8,10H2,1-2H3. The molecule has 1 saturated carbocycles. The average Bonchev–Trinajstić information content (AvgIpc) is 2.37. The van der Waals surface area contributed by atoms with Crippen molar-refractivity contribution in [3.63, 3.8) is 0 Å². The summed E-state index contributed by atoms with van der Waals surface area (Å²) in [7, 11) is 0. The quantitative estimate of drug-likeness (QED) is 0.766. The first-order valence-electron chi connectivity index (χ1n) is 6.97. The Morgan fingerprint density at radius 3 is 2.89 bits per heavy atom. The third-order valence-corrected chi connectivity index (χ3v) is 4.48. The second-order valence-electron chi connectivity index (χ2n) is 6.17. The van der Waals surface area contributed by atoms with Crippen molar-refractivity contribution < 1.29 is 4.79 Å². The molecule has 1 aliphatic heterocycles. The highest BCUT2D eigenvalue weighted by atomic mass is 16.2. The number of amides is 1. The van der Waals surface area contributed by atoms with E-state index in [-0.39, 0.29) is 23.3 Å². The average molecular weight is 249 g/mol. The summed E-state index contributed by atoms with van der Waals surface area (Å²) >= 11 is 0. The van der Waals surface area contributed by atoms with E-state index < -0.39 is 0 Å². The molecule has 2 atom stereocenters. The van der Waals surface area contributed by atoms with E-state index in [1.54, 1.807) is 4.90 Å². The summed E-state index contributed by atoms with van der Waals surface area (Å²) in [4.78, 5) is 14.5. The first kappa shape index (κ1) is 13.4. The Labute approximate surface area is 109 Å². The SMILES string of the molecule is CC1(C)CCCCC1C(=O)N1CCNCC1C#N. The molecule has 18 heavy (non-hydrogen) atoms. The molecule has 0 spiro atoms. The lowest BCUT2D eigenvalue weighted by molar-refractivity contribution is -0.143. The molecule has 0 aromatic carbocycles. The van der Waals surface area contributed by atoms with Crippen LogP contribution in [0.5, 0.6) is 0 Å². The number of piperazine rings is 1. The smallest absolute Gasteiger partial charge is 0.227 e. The van der Waals surface area contributed by atoms with E-state index >= 15 is 0 Å². The van der Waals surface area contributed by atoms with Gasteiger partial charge in [0, 0.05) is 25.6 Å². The van der Waals surface area contributed by atoms with Gasteiger partial charge in [-0.05, 0) is 18.3 Å². The van der Waals surface area contributed by atoms with Crippen molar-refractivity contribution >= 4 is 5.91 Å². The van der Waals surface area contributed by atoms with Crippen LogP contribution in [0.2, 0.25) is 0 Å². The van der Waals surface area contributed by atoms with Crippen molar-refractivity contribution in [1.29, 1.82) is 5.26 Å². The van der Waals surface area contributed by atoms with E-state index in [2.05, 4.69) is 25.2 Å². The summed E-state index contributed by atoms with van der Waals surface area (Å²) in [6.45, 7) is 6.46. The largest absolute Gasteiger partial charge is 0.324 e. The summed E-state index contributed by atoms with van der Waals surface area (Å²) in [6.07, 6.45) is 4.46. The number of nitrogens with one attached hydrogen (secondary N) is 1. The molecule has 0 bridgehead atoms. The van der Waals surface area contributed by atoms with Gasteiger partial charge in [0.1, 0.15) is 6.04 Å². The maximum Gasteiger partial charge on any atom is 0.227 e. The van der Waals surface area contributed by atoms with Crippen LogP contribution in [0, 0.1) is 22.7 Å². The van der Waals surface area contributed by atoms with Gasteiger partial charge in [-0.2, -0.15) is 5.26 Å². The van der Waals surface area contributed by atoms with Crippen LogP contribution in [-0.2, 0) is 4.79 Å². The van der Waals surface area contributed by atoms with Crippen molar-refractivity contribution in [2.24, 2.45) is 11.3 Å². The Kier molecular flexibility index (Phi) is 3.91. The fourth-order valence-corrected chi connectivity index (χ4v) is 3.24. The second kappa shape index (κ2) is 5.27. The van der Waals surface area contributed by atoms with Crippen molar-refractivity contribution in [3.05, 3.63) is 0 Å². The minimum atomic E-state index is -0.288. The minimum Gasteiger partial charge on any atom is -0.324 e. The molecule has 4 nitrogen and oxygen atoms in total. The number of carbonyl (C=O) groups excluding carboxylic acids is 1. The van der Waals surface area contributed by atoms with E-state index in [0.717, 1.165) is 25.8 Å². The topological polar surface area (TPSA) is 56.1 Å². The lowest BCUT2D eigenvalue weighted by atomic mass is 9.68. The second-order valence-corrected chi connectivity index (χ2v) is 6.17. The number of rotatable bonds is 1. The Balaban J connectivity index is 2.12. The zero-order valence-electron chi connectivity index (χ0n) is 11.4. The molecule has 1 amide bonds. The van der Waals surface area contributed by atoms with Gasteiger partial charge in [-0.1, -0.05) is 26.7 Å². The maximum absolute atomic E-state index is 12.7. The fourth-order valence-electron chi connectivity index (χ4n) is 3.24. The molecule has 100 valence electrons. The van der Waals surface area contributed by atoms with E-state index in [1.807, 2.05) is 0 Å². The van der Waals surface area contributed by atoms with E-state index in [9.17, 15) is 4.79 Å². The minimum absolute atomic E-state index is 0.0835. The number of nitrogens with zero attached hydrogens (tertiary/aromatic N) is 2. The van der Waals surface area contributed by atoms with Gasteiger partial charge in [-0.3, -0.25) is 4.79 Å². The molecule has 1 saturated heterocycles. The molecular weight excluding hydrogens is 226 g/mol. The van der Waals surface area contributed by atoms with Gasteiger partial charge >= 0.3 is 0 Å². The molecule has 2 fully saturated rings. The van der Waals surface area contributed by atoms with Crippen LogP contribution in [0.4, 0.5) is 0 Å². The van der Waals surface area contributed by atoms with Gasteiger partial charge in [0.25, 0.3) is 0 Å². The van der Waals surface area contributed by atoms with Crippen LogP contribution in [0.15, 0.2) is 0 Å². The summed E-state index contributed by atoms with van der Waals surface area (Å²) in [6, 6.07) is 1.96. The van der Waals surface area contributed by atoms with Crippen molar-refractivity contribution in [2.45, 2.75) is 45.6 Å². The molecule has 4 heteroatoms. The molecule has 2 aliphatic rings. The summed E-state index contributed by atoms with van der Waals surface area (Å²) in [5.41, 5.74) is 0.0835. The van der Waals surface area contributed by atoms with Crippen LogP contribution < -0.4 is 5.32 Å². The lowest BCUT2D eigenvalue weighted by Gasteiger charge is -2.42. The Morgan fingerprint density at radius 1 is 1.44 bits per heavy atom. The van der Waals surface area contributed by atoms with Crippen LogP contribution in [-0.4, -0.2) is 36.5 Å². The molecule has 1 heterocycles. The van der Waals surface area contributed by atoms with Gasteiger partial charge in [0.2, 0.25) is 5.91 Å². The Bertz CT molecular complexity index is 359. The summed E-state index contributed by atoms with van der Waals surface area (Å²) in [5.74, 6) is 0.299. The highest BCUT2D eigenvalue weighted by Crippen LogP contribution is 2.41. The van der Waals surface area contributed by atoms with Crippen LogP contribution in [0.1, 0.15) is 39.5 Å². The highest BCUT2D eigenvalue weighted by molar-refractivity contribution is 5.80. The zero-order chi connectivity index (χ0) is 13.2. The highest BCUT2D eigenvalue weighted by Gasteiger charge is 2.41. The molecule has 2 rings (SSSR count). The molecule has 0 radical (unpaired) electrons. The van der Waals surface area contributed by atoms with Crippen LogP contribution in [0.3, 0.4) is 0 Å². The van der Waals surface area contributed by atoms with E-state index in [1.165, 1.54) is 6.42 Å². The lowest BCUT2D eigenvalue weighted by Crippen LogP contribution is -2.56. The maximum atomic E-state index is 12.7. The molecular formula is C14H23N3O. The van der Waals surface area contributed by atoms with Crippen LogP contribution >= 0.6 is 0 Å². The van der Waals surface area contributed by atoms with Gasteiger partial charge in [0.15, 0.2) is 0 Å². The monoisotopic (exact) mass is 249 g/mol. The van der Waals surface area contributed by atoms with E-state index in [4.69, 9.17) is 5.26 Å². The normalized spacial score (nSPS) is 31.7. The molecule has 1 aliphatic carbocycles. The predicted octanol–water partition coefficient (Wildman–Crippen LogP) is 1.53. The number of nitriles is 1. The van der Waals surface area contributed by atoms with Crippen molar-refractivity contribution in [1.82, 2.24) is 10.2 Å². The molecule has 0 aromatic heterocycles. The first-order valence-corrected chi connectivity index (χ1v) is 6.97. The molecule has 2 unspecified atom stereocenters. The van der Waals surface area contributed by atoms with Gasteiger partial charge < -0.3 is 10.2 Å². The van der Waals surface area contributed by atoms with Crippen molar-refractivity contribution in [3.8, 4) is 6.07 Å². The number of hydrogen-bond donors (Lipinski definition) is 1. The van der Waals surface area contributed by atoms with Crippen molar-refractivity contribution in [2.75, 3.05) is 19.6 Å². The first-order chi connectivity index (χ1) is 8.56. The zero-order valence-corrected chi connectivity index (χ0v) is 11.4. The van der Waals surface area contributed by atoms with E-state index in [0.29, 0.717) is 13.1 Å². The predicted molar refractivity (Wildman–Crippen MR) is 69.7 cm³/mol. The molecule has 0 aromatic rings. The number of hydrogen-bond acceptors (Lipinski definition) is 3. The Hall–Kier alpha value is -1.08.